The van der Waals surface area contributed by atoms with Crippen LogP contribution in [0.4, 0.5) is 0 Å². The molecule has 4 heteroatoms. The molecule has 1 amide bonds. The highest BCUT2D eigenvalue weighted by Crippen LogP contribution is 2.16. The van der Waals surface area contributed by atoms with Gasteiger partial charge in [0, 0.05) is 13.1 Å². The zero-order chi connectivity index (χ0) is 9.14. The maximum atomic E-state index is 10.9. The van der Waals surface area contributed by atoms with Crippen molar-refractivity contribution in [3.63, 3.8) is 0 Å². The minimum atomic E-state index is -0.428. The molecule has 0 aromatic heterocycles. The Hall–Kier alpha value is -0.870. The van der Waals surface area contributed by atoms with Gasteiger partial charge in [-0.3, -0.25) is 9.69 Å². The van der Waals surface area contributed by atoms with Gasteiger partial charge in [0.1, 0.15) is 0 Å². The lowest BCUT2D eigenvalue weighted by molar-refractivity contribution is -0.122. The van der Waals surface area contributed by atoms with Crippen LogP contribution in [0.1, 0.15) is 6.42 Å². The summed E-state index contributed by atoms with van der Waals surface area (Å²) >= 11 is 0. The normalized spacial score (nSPS) is 30.4. The summed E-state index contributed by atoms with van der Waals surface area (Å²) in [6.45, 7) is 4.68. The van der Waals surface area contributed by atoms with E-state index in [1.165, 1.54) is 0 Å². The molecule has 0 spiro atoms. The zero-order valence-electron chi connectivity index (χ0n) is 6.94. The quantitative estimate of drug-likeness (QED) is 0.539. The molecular formula is C8H14N2O2. The molecule has 1 rings (SSSR count). The number of carbonyl (C=O) groups excluding carboxylic acids is 1. The predicted octanol–water partition coefficient (Wildman–Crippen LogP) is -0.907. The molecule has 3 N–H and O–H groups in total. The number of aliphatic hydroxyl groups excluding tert-OH is 1. The van der Waals surface area contributed by atoms with Crippen molar-refractivity contribution in [2.45, 2.75) is 18.6 Å². The number of hydrogen-bond acceptors (Lipinski definition) is 3. The molecule has 0 bridgehead atoms. The fourth-order valence-electron chi connectivity index (χ4n) is 1.54. The van der Waals surface area contributed by atoms with E-state index in [0.29, 0.717) is 19.5 Å². The Kier molecular flexibility index (Phi) is 2.83. The van der Waals surface area contributed by atoms with Crippen molar-refractivity contribution >= 4 is 5.91 Å². The number of rotatable bonds is 3. The van der Waals surface area contributed by atoms with E-state index in [2.05, 4.69) is 6.58 Å². The largest absolute Gasteiger partial charge is 0.392 e. The van der Waals surface area contributed by atoms with E-state index < -0.39 is 6.10 Å². The summed E-state index contributed by atoms with van der Waals surface area (Å²) in [6, 6.07) is -0.321. The average molecular weight is 170 g/mol. The molecule has 1 aliphatic heterocycles. The number of hydrogen-bond donors (Lipinski definition) is 2. The molecule has 1 fully saturated rings. The smallest absolute Gasteiger partial charge is 0.234 e. The minimum absolute atomic E-state index is 0.321. The second-order valence-electron chi connectivity index (χ2n) is 3.05. The second-order valence-corrected chi connectivity index (χ2v) is 3.05. The first-order valence-electron chi connectivity index (χ1n) is 3.97. The van der Waals surface area contributed by atoms with Gasteiger partial charge >= 0.3 is 0 Å². The molecule has 0 aromatic rings. The second kappa shape index (κ2) is 3.69. The highest BCUT2D eigenvalue weighted by atomic mass is 16.3. The Morgan fingerprint density at radius 2 is 2.50 bits per heavy atom. The van der Waals surface area contributed by atoms with Crippen molar-refractivity contribution in [3.05, 3.63) is 12.7 Å². The van der Waals surface area contributed by atoms with Crippen LogP contribution < -0.4 is 5.73 Å². The highest BCUT2D eigenvalue weighted by molar-refractivity contribution is 5.80. The maximum absolute atomic E-state index is 10.9. The summed E-state index contributed by atoms with van der Waals surface area (Å²) < 4.78 is 0. The summed E-state index contributed by atoms with van der Waals surface area (Å²) in [5.41, 5.74) is 5.15. The van der Waals surface area contributed by atoms with Gasteiger partial charge in [0.2, 0.25) is 5.91 Å². The Bertz CT molecular complexity index is 193. The molecule has 1 aliphatic rings. The molecule has 1 saturated heterocycles. The van der Waals surface area contributed by atoms with Gasteiger partial charge in [0.05, 0.1) is 12.1 Å². The van der Waals surface area contributed by atoms with Crippen LogP contribution in [0.2, 0.25) is 0 Å². The summed E-state index contributed by atoms with van der Waals surface area (Å²) in [5.74, 6) is -0.367. The monoisotopic (exact) mass is 170 g/mol. The Morgan fingerprint density at radius 3 is 3.00 bits per heavy atom. The van der Waals surface area contributed by atoms with Crippen LogP contribution in [0.5, 0.6) is 0 Å². The summed E-state index contributed by atoms with van der Waals surface area (Å²) in [4.78, 5) is 12.7. The van der Waals surface area contributed by atoms with E-state index in [1.54, 1.807) is 6.08 Å². The van der Waals surface area contributed by atoms with Crippen molar-refractivity contribution in [1.29, 1.82) is 0 Å². The Morgan fingerprint density at radius 1 is 1.83 bits per heavy atom. The molecule has 4 nitrogen and oxygen atoms in total. The van der Waals surface area contributed by atoms with Crippen molar-refractivity contribution in [2.75, 3.05) is 13.1 Å². The lowest BCUT2D eigenvalue weighted by Gasteiger charge is -2.18. The molecule has 0 aromatic carbocycles. The van der Waals surface area contributed by atoms with Crippen LogP contribution in [0, 0.1) is 0 Å². The summed E-state index contributed by atoms with van der Waals surface area (Å²) in [7, 11) is 0. The molecule has 0 unspecified atom stereocenters. The predicted molar refractivity (Wildman–Crippen MR) is 45.4 cm³/mol. The molecule has 12 heavy (non-hydrogen) atoms. The van der Waals surface area contributed by atoms with Crippen molar-refractivity contribution in [2.24, 2.45) is 5.73 Å². The van der Waals surface area contributed by atoms with E-state index in [1.807, 2.05) is 4.90 Å². The fraction of sp³-hybridized carbons (Fsp3) is 0.625. The third kappa shape index (κ3) is 1.84. The van der Waals surface area contributed by atoms with Gasteiger partial charge in [0.15, 0.2) is 0 Å². The number of amides is 1. The maximum Gasteiger partial charge on any atom is 0.234 e. The van der Waals surface area contributed by atoms with Crippen LogP contribution in [-0.2, 0) is 4.79 Å². The van der Waals surface area contributed by atoms with Gasteiger partial charge in [-0.05, 0) is 6.42 Å². The Labute approximate surface area is 71.7 Å². The number of β-amino-alcohol motifs (C(OH)–C–C–N with tert-alkyl or cyclic N) is 1. The van der Waals surface area contributed by atoms with Crippen LogP contribution in [0.25, 0.3) is 0 Å². The van der Waals surface area contributed by atoms with Gasteiger partial charge in [-0.25, -0.2) is 0 Å². The van der Waals surface area contributed by atoms with Gasteiger partial charge in [-0.1, -0.05) is 6.08 Å². The molecule has 1 heterocycles. The van der Waals surface area contributed by atoms with Crippen LogP contribution in [-0.4, -0.2) is 41.1 Å². The van der Waals surface area contributed by atoms with Crippen LogP contribution in [0.3, 0.4) is 0 Å². The molecule has 0 radical (unpaired) electrons. The van der Waals surface area contributed by atoms with Gasteiger partial charge < -0.3 is 10.8 Å². The number of primary amides is 1. The fourth-order valence-corrected chi connectivity index (χ4v) is 1.54. The first-order valence-corrected chi connectivity index (χ1v) is 3.97. The molecular weight excluding hydrogens is 156 g/mol. The van der Waals surface area contributed by atoms with E-state index >= 15 is 0 Å². The van der Waals surface area contributed by atoms with Crippen LogP contribution >= 0.6 is 0 Å². The number of aliphatic hydroxyl groups is 1. The third-order valence-corrected chi connectivity index (χ3v) is 2.07. The molecule has 2 atom stereocenters. The lowest BCUT2D eigenvalue weighted by atomic mass is 10.2. The SMILES string of the molecule is C=CCN1C[C@@H](O)C[C@H]1C(N)=O. The van der Waals surface area contributed by atoms with E-state index in [-0.39, 0.29) is 11.9 Å². The highest BCUT2D eigenvalue weighted by Gasteiger charge is 2.33. The number of nitrogens with two attached hydrogens (primary N) is 1. The van der Waals surface area contributed by atoms with E-state index in [9.17, 15) is 9.90 Å². The molecule has 0 aliphatic carbocycles. The number of likely N-dealkylation sites (tertiary alicyclic amines) is 1. The summed E-state index contributed by atoms with van der Waals surface area (Å²) in [5, 5.41) is 9.26. The van der Waals surface area contributed by atoms with E-state index in [0.717, 1.165) is 0 Å². The Balaban J connectivity index is 2.58. The first-order chi connectivity index (χ1) is 5.65. The summed E-state index contributed by atoms with van der Waals surface area (Å²) in [6.07, 6.45) is 1.72. The minimum Gasteiger partial charge on any atom is -0.392 e. The van der Waals surface area contributed by atoms with Gasteiger partial charge in [-0.2, -0.15) is 0 Å². The standard InChI is InChI=1S/C8H14N2O2/c1-2-3-10-5-6(11)4-7(10)8(9)12/h2,6-7,11H,1,3-5H2,(H2,9,12)/t6-,7-/m0/s1. The molecule has 68 valence electrons. The van der Waals surface area contributed by atoms with Crippen molar-refractivity contribution < 1.29 is 9.90 Å². The first kappa shape index (κ1) is 9.22. The third-order valence-electron chi connectivity index (χ3n) is 2.07. The number of nitrogens with zero attached hydrogens (tertiary/aromatic N) is 1. The van der Waals surface area contributed by atoms with Gasteiger partial charge in [0.25, 0.3) is 0 Å². The van der Waals surface area contributed by atoms with E-state index in [4.69, 9.17) is 5.73 Å². The number of carbonyl (C=O) groups is 1. The average Bonchev–Trinajstić information content (AvgIpc) is 2.32. The van der Waals surface area contributed by atoms with Crippen molar-refractivity contribution in [3.8, 4) is 0 Å². The van der Waals surface area contributed by atoms with Gasteiger partial charge in [-0.15, -0.1) is 6.58 Å². The van der Waals surface area contributed by atoms with Crippen LogP contribution in [0.15, 0.2) is 12.7 Å². The lowest BCUT2D eigenvalue weighted by Crippen LogP contribution is -2.40. The van der Waals surface area contributed by atoms with Crippen molar-refractivity contribution in [1.82, 2.24) is 4.90 Å². The zero-order valence-corrected chi connectivity index (χ0v) is 6.94. The molecule has 0 saturated carbocycles. The topological polar surface area (TPSA) is 66.6 Å².